The summed E-state index contributed by atoms with van der Waals surface area (Å²) in [5.41, 5.74) is 2.07. The summed E-state index contributed by atoms with van der Waals surface area (Å²) in [6.07, 6.45) is 1.04. The van der Waals surface area contributed by atoms with Gasteiger partial charge in [-0.15, -0.1) is 0 Å². The summed E-state index contributed by atoms with van der Waals surface area (Å²) in [4.78, 5) is 40.2. The quantitative estimate of drug-likeness (QED) is 0.427. The standard InChI is InChI=1S/C26H23NO6/c1-15(2)33-26(31)18-9-5-10-19(14-18)27-22(17-8-4-7-16(3)13-17)21(24(29)25(27)30)23(28)20-11-6-12-32-20/h4-15,22,29H,1-3H3. The fourth-order valence-electron chi connectivity index (χ4n) is 3.86. The smallest absolute Gasteiger partial charge is 0.338 e. The van der Waals surface area contributed by atoms with Crippen LogP contribution in [0.1, 0.15) is 51.9 Å². The molecule has 1 atom stereocenters. The van der Waals surface area contributed by atoms with Gasteiger partial charge in [0.25, 0.3) is 5.91 Å². The minimum atomic E-state index is -0.911. The van der Waals surface area contributed by atoms with Gasteiger partial charge in [0.15, 0.2) is 11.5 Å². The maximum atomic E-state index is 13.2. The number of aliphatic hydroxyl groups excluding tert-OH is 1. The molecule has 2 aromatic carbocycles. The number of esters is 1. The van der Waals surface area contributed by atoms with E-state index in [9.17, 15) is 19.5 Å². The van der Waals surface area contributed by atoms with Crippen molar-refractivity contribution in [3.8, 4) is 0 Å². The highest BCUT2D eigenvalue weighted by Crippen LogP contribution is 2.42. The SMILES string of the molecule is Cc1cccc(C2C(C(=O)c3ccco3)=C(O)C(=O)N2c2cccc(C(=O)OC(C)C)c2)c1. The van der Waals surface area contributed by atoms with Crippen molar-refractivity contribution in [1.82, 2.24) is 0 Å². The molecule has 168 valence electrons. The van der Waals surface area contributed by atoms with Gasteiger partial charge in [-0.3, -0.25) is 14.5 Å². The number of carbonyl (C=O) groups excluding carboxylic acids is 3. The van der Waals surface area contributed by atoms with Gasteiger partial charge in [-0.25, -0.2) is 4.79 Å². The summed E-state index contributed by atoms with van der Waals surface area (Å²) in [7, 11) is 0. The topological polar surface area (TPSA) is 97.0 Å². The molecule has 1 aliphatic heterocycles. The van der Waals surface area contributed by atoms with Gasteiger partial charge >= 0.3 is 5.97 Å². The number of anilines is 1. The molecule has 1 aromatic heterocycles. The molecule has 33 heavy (non-hydrogen) atoms. The summed E-state index contributed by atoms with van der Waals surface area (Å²) in [6, 6.07) is 15.8. The van der Waals surface area contributed by atoms with Crippen molar-refractivity contribution in [2.45, 2.75) is 32.9 Å². The average molecular weight is 445 g/mol. The van der Waals surface area contributed by atoms with Crippen LogP contribution in [0, 0.1) is 6.92 Å². The molecule has 0 saturated carbocycles. The molecule has 1 unspecified atom stereocenters. The molecule has 0 spiro atoms. The van der Waals surface area contributed by atoms with Crippen LogP contribution in [0.2, 0.25) is 0 Å². The number of Topliss-reactive ketones (excluding diaryl/α,β-unsaturated/α-hetero) is 1. The predicted molar refractivity (Wildman–Crippen MR) is 121 cm³/mol. The molecule has 0 aliphatic carbocycles. The molecule has 7 nitrogen and oxygen atoms in total. The Morgan fingerprint density at radius 3 is 2.48 bits per heavy atom. The van der Waals surface area contributed by atoms with Crippen molar-refractivity contribution in [3.05, 3.63) is 101 Å². The number of hydrogen-bond donors (Lipinski definition) is 1. The minimum absolute atomic E-state index is 0.0121. The molecule has 0 radical (unpaired) electrons. The van der Waals surface area contributed by atoms with Gasteiger partial charge < -0.3 is 14.3 Å². The molecule has 1 N–H and O–H groups in total. The van der Waals surface area contributed by atoms with Crippen molar-refractivity contribution < 1.29 is 28.6 Å². The number of hydrogen-bond acceptors (Lipinski definition) is 6. The zero-order valence-electron chi connectivity index (χ0n) is 18.4. The van der Waals surface area contributed by atoms with E-state index in [1.807, 2.05) is 25.1 Å². The number of aliphatic hydroxyl groups is 1. The van der Waals surface area contributed by atoms with Crippen molar-refractivity contribution >= 4 is 23.3 Å². The van der Waals surface area contributed by atoms with E-state index >= 15 is 0 Å². The third-order valence-corrected chi connectivity index (χ3v) is 5.26. The van der Waals surface area contributed by atoms with Crippen molar-refractivity contribution in [3.63, 3.8) is 0 Å². The zero-order valence-corrected chi connectivity index (χ0v) is 18.4. The van der Waals surface area contributed by atoms with Gasteiger partial charge in [0.1, 0.15) is 0 Å². The molecule has 0 bridgehead atoms. The molecule has 1 aliphatic rings. The Morgan fingerprint density at radius 2 is 1.82 bits per heavy atom. The first kappa shape index (κ1) is 22.1. The lowest BCUT2D eigenvalue weighted by molar-refractivity contribution is -0.117. The van der Waals surface area contributed by atoms with Crippen LogP contribution in [-0.4, -0.2) is 28.9 Å². The number of amides is 1. The Bertz CT molecular complexity index is 1260. The van der Waals surface area contributed by atoms with Gasteiger partial charge in [0.2, 0.25) is 5.78 Å². The largest absolute Gasteiger partial charge is 0.503 e. The fourth-order valence-corrected chi connectivity index (χ4v) is 3.86. The first-order valence-corrected chi connectivity index (χ1v) is 10.5. The van der Waals surface area contributed by atoms with Crippen molar-refractivity contribution in [2.24, 2.45) is 0 Å². The van der Waals surface area contributed by atoms with E-state index in [-0.39, 0.29) is 23.0 Å². The molecule has 0 saturated heterocycles. The van der Waals surface area contributed by atoms with Gasteiger partial charge in [-0.1, -0.05) is 35.9 Å². The molecule has 0 fully saturated rings. The third kappa shape index (κ3) is 4.17. The first-order valence-electron chi connectivity index (χ1n) is 10.5. The highest BCUT2D eigenvalue weighted by atomic mass is 16.5. The number of furan rings is 1. The normalized spacial score (nSPS) is 15.9. The number of benzene rings is 2. The lowest BCUT2D eigenvalue weighted by atomic mass is 9.94. The number of ether oxygens (including phenoxy) is 1. The van der Waals surface area contributed by atoms with Gasteiger partial charge in [0, 0.05) is 5.69 Å². The van der Waals surface area contributed by atoms with Gasteiger partial charge in [-0.05, 0) is 56.7 Å². The van der Waals surface area contributed by atoms with E-state index < -0.39 is 29.5 Å². The Kier molecular flexibility index (Phi) is 5.87. The highest BCUT2D eigenvalue weighted by Gasteiger charge is 2.45. The monoisotopic (exact) mass is 445 g/mol. The number of ketones is 1. The molecular weight excluding hydrogens is 422 g/mol. The number of aryl methyl sites for hydroxylation is 1. The van der Waals surface area contributed by atoms with Crippen LogP contribution in [0.3, 0.4) is 0 Å². The lowest BCUT2D eigenvalue weighted by Gasteiger charge is -2.27. The lowest BCUT2D eigenvalue weighted by Crippen LogP contribution is -2.31. The molecule has 7 heteroatoms. The van der Waals surface area contributed by atoms with E-state index in [1.54, 1.807) is 44.2 Å². The summed E-state index contributed by atoms with van der Waals surface area (Å²) in [5, 5.41) is 10.8. The van der Waals surface area contributed by atoms with Crippen LogP contribution < -0.4 is 4.90 Å². The Labute approximate surface area is 190 Å². The Hall–Kier alpha value is -4.13. The van der Waals surface area contributed by atoms with Crippen LogP contribution in [0.25, 0.3) is 0 Å². The van der Waals surface area contributed by atoms with Crippen molar-refractivity contribution in [2.75, 3.05) is 4.90 Å². The molecule has 1 amide bonds. The van der Waals surface area contributed by atoms with Crippen LogP contribution in [0.5, 0.6) is 0 Å². The van der Waals surface area contributed by atoms with Crippen LogP contribution in [0.15, 0.2) is 82.7 Å². The summed E-state index contributed by atoms with van der Waals surface area (Å²) in [6.45, 7) is 5.38. The Balaban J connectivity index is 1.84. The maximum Gasteiger partial charge on any atom is 0.338 e. The molecular formula is C26H23NO6. The fraction of sp³-hybridized carbons (Fsp3) is 0.192. The average Bonchev–Trinajstić information content (AvgIpc) is 3.40. The van der Waals surface area contributed by atoms with Crippen molar-refractivity contribution in [1.29, 1.82) is 0 Å². The Morgan fingerprint density at radius 1 is 1.06 bits per heavy atom. The zero-order chi connectivity index (χ0) is 23.7. The second-order valence-corrected chi connectivity index (χ2v) is 8.06. The van der Waals surface area contributed by atoms with E-state index in [0.717, 1.165) is 5.56 Å². The number of nitrogens with zero attached hydrogens (tertiary/aromatic N) is 1. The van der Waals surface area contributed by atoms with E-state index in [1.165, 1.54) is 23.3 Å². The summed E-state index contributed by atoms with van der Waals surface area (Å²) >= 11 is 0. The van der Waals surface area contributed by atoms with Crippen LogP contribution in [0.4, 0.5) is 5.69 Å². The molecule has 3 aromatic rings. The van der Waals surface area contributed by atoms with Gasteiger partial charge in [0.05, 0.1) is 29.5 Å². The van der Waals surface area contributed by atoms with E-state index in [2.05, 4.69) is 0 Å². The second-order valence-electron chi connectivity index (χ2n) is 8.06. The molecule has 4 rings (SSSR count). The number of carbonyl (C=O) groups is 3. The third-order valence-electron chi connectivity index (χ3n) is 5.26. The maximum absolute atomic E-state index is 13.2. The van der Waals surface area contributed by atoms with Crippen LogP contribution >= 0.6 is 0 Å². The first-order chi connectivity index (χ1) is 15.8. The second kappa shape index (κ2) is 8.78. The summed E-state index contributed by atoms with van der Waals surface area (Å²) in [5.74, 6) is -2.51. The van der Waals surface area contributed by atoms with Crippen LogP contribution in [-0.2, 0) is 9.53 Å². The molecule has 2 heterocycles. The predicted octanol–water partition coefficient (Wildman–Crippen LogP) is 4.94. The number of rotatable bonds is 6. The van der Waals surface area contributed by atoms with Gasteiger partial charge in [-0.2, -0.15) is 0 Å². The van der Waals surface area contributed by atoms with E-state index in [0.29, 0.717) is 11.3 Å². The summed E-state index contributed by atoms with van der Waals surface area (Å²) < 4.78 is 10.5. The highest BCUT2D eigenvalue weighted by molar-refractivity contribution is 6.20. The van der Waals surface area contributed by atoms with E-state index in [4.69, 9.17) is 9.15 Å². The minimum Gasteiger partial charge on any atom is -0.503 e.